The highest BCUT2D eigenvalue weighted by atomic mass is 16.4. The molecule has 0 heterocycles. The lowest BCUT2D eigenvalue weighted by Crippen LogP contribution is -2.51. The molecule has 9 nitrogen and oxygen atoms in total. The molecule has 114 valence electrons. The summed E-state index contributed by atoms with van der Waals surface area (Å²) in [6, 6.07) is -2.39. The van der Waals surface area contributed by atoms with Crippen LogP contribution in [0.15, 0.2) is 0 Å². The zero-order chi connectivity index (χ0) is 15.7. The van der Waals surface area contributed by atoms with Gasteiger partial charge < -0.3 is 26.2 Å². The Balaban J connectivity index is 4.72. The molecule has 0 bridgehead atoms. The van der Waals surface area contributed by atoms with Gasteiger partial charge in [-0.3, -0.25) is 9.59 Å². The molecule has 0 aromatic heterocycles. The van der Waals surface area contributed by atoms with Gasteiger partial charge in [0.15, 0.2) is 0 Å². The first-order chi connectivity index (χ1) is 9.27. The molecule has 0 saturated carbocycles. The fourth-order valence-corrected chi connectivity index (χ4v) is 1.40. The Bertz CT molecular complexity index is 384. The van der Waals surface area contributed by atoms with Gasteiger partial charge in [-0.05, 0) is 6.42 Å². The molecule has 0 saturated heterocycles. The molecule has 0 rings (SSSR count). The molecule has 1 atom stereocenters. The molecule has 0 fully saturated rings. The second-order valence-electron chi connectivity index (χ2n) is 4.18. The third kappa shape index (κ3) is 7.19. The van der Waals surface area contributed by atoms with E-state index < -0.39 is 36.3 Å². The Morgan fingerprint density at radius 2 is 1.85 bits per heavy atom. The lowest BCUT2D eigenvalue weighted by Gasteiger charge is -2.23. The van der Waals surface area contributed by atoms with Crippen LogP contribution in [0.4, 0.5) is 4.79 Å². The first-order valence-corrected chi connectivity index (χ1v) is 6.06. The average Bonchev–Trinajstić information content (AvgIpc) is 2.32. The average molecular weight is 289 g/mol. The van der Waals surface area contributed by atoms with Crippen molar-refractivity contribution in [3.05, 3.63) is 0 Å². The van der Waals surface area contributed by atoms with Gasteiger partial charge in [-0.15, -0.1) is 0 Å². The van der Waals surface area contributed by atoms with Crippen molar-refractivity contribution in [2.75, 3.05) is 13.1 Å². The van der Waals surface area contributed by atoms with Crippen molar-refractivity contribution in [3.63, 3.8) is 0 Å². The van der Waals surface area contributed by atoms with Crippen LogP contribution in [-0.2, 0) is 14.4 Å². The number of unbranched alkanes of at least 4 members (excludes halogenated alkanes) is 1. The molecule has 0 radical (unpaired) electrons. The van der Waals surface area contributed by atoms with E-state index in [0.717, 1.165) is 11.3 Å². The Morgan fingerprint density at radius 3 is 2.25 bits per heavy atom. The Hall–Kier alpha value is -2.32. The monoisotopic (exact) mass is 289 g/mol. The minimum atomic E-state index is -1.56. The van der Waals surface area contributed by atoms with Gasteiger partial charge in [0.25, 0.3) is 0 Å². The van der Waals surface area contributed by atoms with Crippen LogP contribution in [0, 0.1) is 0 Å². The third-order valence-electron chi connectivity index (χ3n) is 2.39. The van der Waals surface area contributed by atoms with Crippen molar-refractivity contribution in [2.24, 2.45) is 5.73 Å². The highest BCUT2D eigenvalue weighted by Crippen LogP contribution is 1.99. The summed E-state index contributed by atoms with van der Waals surface area (Å²) in [6.07, 6.45) is 0.622. The number of hydrogen-bond donors (Lipinski definition) is 4. The topological polar surface area (TPSA) is 150 Å². The van der Waals surface area contributed by atoms with Gasteiger partial charge in [0.2, 0.25) is 5.91 Å². The van der Waals surface area contributed by atoms with Crippen molar-refractivity contribution in [1.82, 2.24) is 10.2 Å². The minimum absolute atomic E-state index is 0.227. The summed E-state index contributed by atoms with van der Waals surface area (Å²) in [4.78, 5) is 45.1. The van der Waals surface area contributed by atoms with E-state index in [1.54, 1.807) is 0 Å². The maximum absolute atomic E-state index is 11.8. The molecule has 0 aliphatic rings. The van der Waals surface area contributed by atoms with E-state index in [1.165, 1.54) is 0 Å². The van der Waals surface area contributed by atoms with Crippen molar-refractivity contribution in [2.45, 2.75) is 32.2 Å². The van der Waals surface area contributed by atoms with E-state index in [0.29, 0.717) is 6.42 Å². The molecule has 3 amide bonds. The van der Waals surface area contributed by atoms with Crippen LogP contribution >= 0.6 is 0 Å². The molecule has 0 aliphatic heterocycles. The second-order valence-corrected chi connectivity index (χ2v) is 4.18. The maximum atomic E-state index is 11.8. The number of rotatable bonds is 9. The Morgan fingerprint density at radius 1 is 1.25 bits per heavy atom. The summed E-state index contributed by atoms with van der Waals surface area (Å²) in [6.45, 7) is 1.75. The lowest BCUT2D eigenvalue weighted by atomic mass is 10.2. The van der Waals surface area contributed by atoms with Gasteiger partial charge in [-0.1, -0.05) is 13.3 Å². The predicted octanol–water partition coefficient (Wildman–Crippen LogP) is -0.789. The molecule has 0 spiro atoms. The minimum Gasteiger partial charge on any atom is -0.481 e. The molecule has 1 unspecified atom stereocenters. The quantitative estimate of drug-likeness (QED) is 0.437. The molecule has 0 aromatic rings. The number of carboxylic acid groups (broad SMARTS) is 2. The van der Waals surface area contributed by atoms with Crippen LogP contribution in [0.2, 0.25) is 0 Å². The Labute approximate surface area is 115 Å². The largest absolute Gasteiger partial charge is 0.481 e. The van der Waals surface area contributed by atoms with E-state index in [2.05, 4.69) is 5.32 Å². The van der Waals surface area contributed by atoms with Crippen LogP contribution in [0.3, 0.4) is 0 Å². The van der Waals surface area contributed by atoms with E-state index in [4.69, 9.17) is 15.9 Å². The number of nitrogens with two attached hydrogens (primary N) is 1. The summed E-state index contributed by atoms with van der Waals surface area (Å²) in [5.41, 5.74) is 5.00. The van der Waals surface area contributed by atoms with E-state index >= 15 is 0 Å². The second kappa shape index (κ2) is 8.73. The number of aliphatic carboxylic acids is 2. The summed E-state index contributed by atoms with van der Waals surface area (Å²) in [5.74, 6) is -3.55. The first kappa shape index (κ1) is 17.7. The standard InChI is InChI=1S/C11H19N3O6/c1-2-3-4-14(6-8(12)15)11(20)13-7(10(18)19)5-9(16)17/h7H,2-6H2,1H3,(H2,12,15)(H,13,20)(H,16,17)(H,18,19). The number of carboxylic acids is 2. The maximum Gasteiger partial charge on any atom is 0.326 e. The molecule has 0 aliphatic carbocycles. The fourth-order valence-electron chi connectivity index (χ4n) is 1.40. The number of hydrogen-bond acceptors (Lipinski definition) is 4. The number of primary amides is 1. The highest BCUT2D eigenvalue weighted by Gasteiger charge is 2.25. The number of nitrogens with zero attached hydrogens (tertiary/aromatic N) is 1. The smallest absolute Gasteiger partial charge is 0.326 e. The molecular weight excluding hydrogens is 270 g/mol. The van der Waals surface area contributed by atoms with Gasteiger partial charge in [-0.2, -0.15) is 0 Å². The normalized spacial score (nSPS) is 11.4. The number of carbonyl (C=O) groups excluding carboxylic acids is 2. The number of urea groups is 1. The molecule has 0 aromatic carbocycles. The summed E-state index contributed by atoms with van der Waals surface area (Å²) >= 11 is 0. The van der Waals surface area contributed by atoms with E-state index in [1.807, 2.05) is 6.92 Å². The summed E-state index contributed by atoms with van der Waals surface area (Å²) < 4.78 is 0. The van der Waals surface area contributed by atoms with E-state index in [9.17, 15) is 19.2 Å². The van der Waals surface area contributed by atoms with Crippen molar-refractivity contribution in [1.29, 1.82) is 0 Å². The van der Waals surface area contributed by atoms with Gasteiger partial charge >= 0.3 is 18.0 Å². The van der Waals surface area contributed by atoms with Crippen LogP contribution < -0.4 is 11.1 Å². The lowest BCUT2D eigenvalue weighted by molar-refractivity contribution is -0.145. The van der Waals surface area contributed by atoms with Crippen LogP contribution in [0.1, 0.15) is 26.2 Å². The fraction of sp³-hybridized carbons (Fsp3) is 0.636. The van der Waals surface area contributed by atoms with Crippen LogP contribution in [0.25, 0.3) is 0 Å². The molecule has 5 N–H and O–H groups in total. The molecule has 20 heavy (non-hydrogen) atoms. The van der Waals surface area contributed by atoms with Gasteiger partial charge in [0.1, 0.15) is 12.6 Å². The van der Waals surface area contributed by atoms with Gasteiger partial charge in [0, 0.05) is 6.54 Å². The number of amides is 3. The van der Waals surface area contributed by atoms with E-state index in [-0.39, 0.29) is 13.1 Å². The number of nitrogens with one attached hydrogen (secondary N) is 1. The Kier molecular flexibility index (Phi) is 7.71. The van der Waals surface area contributed by atoms with Gasteiger partial charge in [0.05, 0.1) is 6.42 Å². The SMILES string of the molecule is CCCCN(CC(N)=O)C(=O)NC(CC(=O)O)C(=O)O. The zero-order valence-corrected chi connectivity index (χ0v) is 11.2. The molecular formula is C11H19N3O6. The summed E-state index contributed by atoms with van der Waals surface area (Å²) in [5, 5.41) is 19.5. The van der Waals surface area contributed by atoms with Crippen molar-refractivity contribution >= 4 is 23.9 Å². The number of carbonyl (C=O) groups is 4. The highest BCUT2D eigenvalue weighted by molar-refractivity contribution is 5.88. The van der Waals surface area contributed by atoms with Crippen molar-refractivity contribution < 1.29 is 29.4 Å². The predicted molar refractivity (Wildman–Crippen MR) is 67.9 cm³/mol. The summed E-state index contributed by atoms with van der Waals surface area (Å²) in [7, 11) is 0. The van der Waals surface area contributed by atoms with Gasteiger partial charge in [-0.25, -0.2) is 9.59 Å². The zero-order valence-electron chi connectivity index (χ0n) is 11.2. The van der Waals surface area contributed by atoms with Crippen LogP contribution in [0.5, 0.6) is 0 Å². The van der Waals surface area contributed by atoms with Crippen LogP contribution in [-0.4, -0.2) is 58.1 Å². The molecule has 9 heteroatoms. The third-order valence-corrected chi connectivity index (χ3v) is 2.39. The first-order valence-electron chi connectivity index (χ1n) is 6.06. The van der Waals surface area contributed by atoms with Crippen molar-refractivity contribution in [3.8, 4) is 0 Å².